The number of likely N-dealkylation sites (tertiary alicyclic amines) is 1. The molecule has 1 aliphatic heterocycles. The number of aliphatic hydroxyl groups excluding tert-OH is 1. The van der Waals surface area contributed by atoms with Gasteiger partial charge in [0, 0.05) is 18.8 Å². The van der Waals surface area contributed by atoms with Gasteiger partial charge in [-0.2, -0.15) is 0 Å². The number of nitrogens with zero attached hydrogens (tertiary/aromatic N) is 1. The minimum atomic E-state index is -0.654. The van der Waals surface area contributed by atoms with Crippen LogP contribution >= 0.6 is 0 Å². The molecule has 1 aromatic carbocycles. The summed E-state index contributed by atoms with van der Waals surface area (Å²) >= 11 is 0. The van der Waals surface area contributed by atoms with Gasteiger partial charge in [-0.3, -0.25) is 9.59 Å². The number of anilines is 1. The van der Waals surface area contributed by atoms with Crippen molar-refractivity contribution < 1.29 is 14.7 Å². The normalized spacial score (nSPS) is 21.8. The molecule has 0 saturated carbocycles. The lowest BCUT2D eigenvalue weighted by Gasteiger charge is -2.33. The molecule has 1 aromatic rings. The molecule has 0 bridgehead atoms. The maximum atomic E-state index is 12.1. The number of aliphatic hydroxyl groups is 1. The van der Waals surface area contributed by atoms with Gasteiger partial charge in [-0.15, -0.1) is 0 Å². The molecule has 1 heterocycles. The first-order valence-corrected chi connectivity index (χ1v) is 7.76. The van der Waals surface area contributed by atoms with Crippen molar-refractivity contribution in [1.29, 1.82) is 0 Å². The van der Waals surface area contributed by atoms with Crippen molar-refractivity contribution in [2.45, 2.75) is 39.2 Å². The predicted molar refractivity (Wildman–Crippen MR) is 85.5 cm³/mol. The van der Waals surface area contributed by atoms with E-state index < -0.39 is 17.9 Å². The number of hydrogen-bond acceptors (Lipinski definition) is 3. The van der Waals surface area contributed by atoms with E-state index in [9.17, 15) is 14.7 Å². The zero-order valence-electron chi connectivity index (χ0n) is 13.4. The Morgan fingerprint density at radius 1 is 1.27 bits per heavy atom. The van der Waals surface area contributed by atoms with Crippen molar-refractivity contribution >= 4 is 17.5 Å². The van der Waals surface area contributed by atoms with Crippen LogP contribution in [0, 0.1) is 5.92 Å². The summed E-state index contributed by atoms with van der Waals surface area (Å²) in [5, 5.41) is 12.4. The average molecular weight is 304 g/mol. The minimum Gasteiger partial charge on any atom is -0.391 e. The highest BCUT2D eigenvalue weighted by Gasteiger charge is 2.30. The molecule has 5 heteroatoms. The molecular weight excluding hydrogens is 280 g/mol. The van der Waals surface area contributed by atoms with Crippen LogP contribution in [0.3, 0.4) is 0 Å². The van der Waals surface area contributed by atoms with Crippen LogP contribution in [-0.4, -0.2) is 41.0 Å². The second-order valence-electron chi connectivity index (χ2n) is 6.32. The summed E-state index contributed by atoms with van der Waals surface area (Å²) in [6.07, 6.45) is 0.152. The Balaban J connectivity index is 1.95. The number of carbonyl (C=O) groups is 2. The Labute approximate surface area is 131 Å². The molecule has 0 aliphatic carbocycles. The van der Waals surface area contributed by atoms with E-state index in [1.807, 2.05) is 19.1 Å². The molecule has 120 valence electrons. The van der Waals surface area contributed by atoms with Gasteiger partial charge in [-0.25, -0.2) is 0 Å². The molecule has 2 atom stereocenters. The fourth-order valence-electron chi connectivity index (χ4n) is 2.51. The zero-order valence-corrected chi connectivity index (χ0v) is 13.4. The number of rotatable bonds is 2. The Hall–Kier alpha value is -1.88. The molecule has 2 rings (SSSR count). The fourth-order valence-corrected chi connectivity index (χ4v) is 2.51. The van der Waals surface area contributed by atoms with E-state index in [2.05, 4.69) is 19.2 Å². The van der Waals surface area contributed by atoms with Gasteiger partial charge >= 0.3 is 11.8 Å². The Kier molecular flexibility index (Phi) is 5.19. The van der Waals surface area contributed by atoms with Crippen molar-refractivity contribution in [2.24, 2.45) is 5.92 Å². The summed E-state index contributed by atoms with van der Waals surface area (Å²) < 4.78 is 0. The van der Waals surface area contributed by atoms with Gasteiger partial charge in [0.15, 0.2) is 0 Å². The maximum Gasteiger partial charge on any atom is 0.313 e. The Bertz CT molecular complexity index is 539. The molecule has 0 aromatic heterocycles. The van der Waals surface area contributed by atoms with Crippen LogP contribution in [0.15, 0.2) is 24.3 Å². The number of carbonyl (C=O) groups excluding carboxylic acids is 2. The van der Waals surface area contributed by atoms with Crippen molar-refractivity contribution in [3.63, 3.8) is 0 Å². The topological polar surface area (TPSA) is 69.6 Å². The molecule has 1 fully saturated rings. The van der Waals surface area contributed by atoms with Crippen LogP contribution in [0.2, 0.25) is 0 Å². The lowest BCUT2D eigenvalue weighted by atomic mass is 9.96. The van der Waals surface area contributed by atoms with Crippen molar-refractivity contribution in [3.05, 3.63) is 29.8 Å². The fraction of sp³-hybridized carbons (Fsp3) is 0.529. The smallest absolute Gasteiger partial charge is 0.313 e. The Morgan fingerprint density at radius 3 is 2.45 bits per heavy atom. The first-order valence-electron chi connectivity index (χ1n) is 7.76. The van der Waals surface area contributed by atoms with E-state index in [1.54, 1.807) is 12.1 Å². The second kappa shape index (κ2) is 6.92. The van der Waals surface area contributed by atoms with Crippen LogP contribution in [-0.2, 0) is 9.59 Å². The number of nitrogens with one attached hydrogen (secondary N) is 1. The summed E-state index contributed by atoms with van der Waals surface area (Å²) in [5.41, 5.74) is 1.78. The van der Waals surface area contributed by atoms with Crippen LogP contribution in [0.5, 0.6) is 0 Å². The molecule has 1 aliphatic rings. The van der Waals surface area contributed by atoms with E-state index in [1.165, 1.54) is 10.5 Å². The van der Waals surface area contributed by atoms with Gasteiger partial charge in [-0.1, -0.05) is 32.9 Å². The largest absolute Gasteiger partial charge is 0.391 e. The molecule has 5 nitrogen and oxygen atoms in total. The minimum absolute atomic E-state index is 0.163. The first kappa shape index (κ1) is 16.5. The standard InChI is InChI=1S/C17H24N2O3/c1-11(2)13-4-6-14(7-5-13)18-16(21)17(22)19-9-8-12(3)15(20)10-19/h4-7,11-12,15,20H,8-10H2,1-3H3,(H,18,21). The molecule has 2 unspecified atom stereocenters. The number of β-amino-alcohol motifs (C(OH)–C–C–N with tert-alkyl or cyclic N) is 1. The van der Waals surface area contributed by atoms with Crippen LogP contribution < -0.4 is 5.32 Å². The number of amides is 2. The van der Waals surface area contributed by atoms with Crippen molar-refractivity contribution in [1.82, 2.24) is 4.90 Å². The lowest BCUT2D eigenvalue weighted by Crippen LogP contribution is -2.49. The average Bonchev–Trinajstić information content (AvgIpc) is 2.49. The SMILES string of the molecule is CC(C)c1ccc(NC(=O)C(=O)N2CCC(C)C(O)C2)cc1. The van der Waals surface area contributed by atoms with Crippen LogP contribution in [0.1, 0.15) is 38.7 Å². The summed E-state index contributed by atoms with van der Waals surface area (Å²) in [5.74, 6) is -0.656. The van der Waals surface area contributed by atoms with Crippen molar-refractivity contribution in [2.75, 3.05) is 18.4 Å². The molecular formula is C17H24N2O3. The number of benzene rings is 1. The van der Waals surface area contributed by atoms with Crippen molar-refractivity contribution in [3.8, 4) is 0 Å². The highest BCUT2D eigenvalue weighted by Crippen LogP contribution is 2.19. The first-order chi connectivity index (χ1) is 10.4. The third kappa shape index (κ3) is 3.85. The highest BCUT2D eigenvalue weighted by atomic mass is 16.3. The van der Waals surface area contributed by atoms with Gasteiger partial charge in [0.2, 0.25) is 0 Å². The van der Waals surface area contributed by atoms with Gasteiger partial charge < -0.3 is 15.3 Å². The van der Waals surface area contributed by atoms with Crippen LogP contribution in [0.4, 0.5) is 5.69 Å². The third-order valence-electron chi connectivity index (χ3n) is 4.24. The second-order valence-corrected chi connectivity index (χ2v) is 6.32. The number of hydrogen-bond donors (Lipinski definition) is 2. The van der Waals surface area contributed by atoms with E-state index in [-0.39, 0.29) is 12.5 Å². The van der Waals surface area contributed by atoms with E-state index in [0.29, 0.717) is 24.6 Å². The van der Waals surface area contributed by atoms with Gasteiger partial charge in [-0.05, 0) is 36.0 Å². The predicted octanol–water partition coefficient (Wildman–Crippen LogP) is 1.98. The quantitative estimate of drug-likeness (QED) is 0.821. The summed E-state index contributed by atoms with van der Waals surface area (Å²) in [6.45, 7) is 6.87. The molecule has 2 N–H and O–H groups in total. The number of piperidine rings is 1. The van der Waals surface area contributed by atoms with Crippen LogP contribution in [0.25, 0.3) is 0 Å². The van der Waals surface area contributed by atoms with E-state index in [0.717, 1.165) is 0 Å². The molecule has 0 spiro atoms. The summed E-state index contributed by atoms with van der Waals surface area (Å²) in [7, 11) is 0. The van der Waals surface area contributed by atoms with Gasteiger partial charge in [0.25, 0.3) is 0 Å². The molecule has 0 radical (unpaired) electrons. The highest BCUT2D eigenvalue weighted by molar-refractivity contribution is 6.39. The lowest BCUT2D eigenvalue weighted by molar-refractivity contribution is -0.146. The molecule has 1 saturated heterocycles. The van der Waals surface area contributed by atoms with Gasteiger partial charge in [0.1, 0.15) is 0 Å². The third-order valence-corrected chi connectivity index (χ3v) is 4.24. The summed E-state index contributed by atoms with van der Waals surface area (Å²) in [6, 6.07) is 7.48. The zero-order chi connectivity index (χ0) is 16.3. The maximum absolute atomic E-state index is 12.1. The molecule has 2 amide bonds. The van der Waals surface area contributed by atoms with Gasteiger partial charge in [0.05, 0.1) is 6.10 Å². The van der Waals surface area contributed by atoms with E-state index >= 15 is 0 Å². The van der Waals surface area contributed by atoms with E-state index in [4.69, 9.17) is 0 Å². The summed E-state index contributed by atoms with van der Waals surface area (Å²) in [4.78, 5) is 25.6. The molecule has 22 heavy (non-hydrogen) atoms. The Morgan fingerprint density at radius 2 is 1.91 bits per heavy atom. The monoisotopic (exact) mass is 304 g/mol.